The lowest BCUT2D eigenvalue weighted by Crippen LogP contribution is -2.47. The maximum Gasteiger partial charge on any atom is 0.416 e. The van der Waals surface area contributed by atoms with Crippen LogP contribution < -0.4 is 0 Å². The molecule has 3 atom stereocenters. The molecule has 24 heavy (non-hydrogen) atoms. The number of aliphatic hydroxyl groups excluding tert-OH is 1. The Bertz CT molecular complexity index is 611. The summed E-state index contributed by atoms with van der Waals surface area (Å²) in [6.07, 6.45) is -1.16. The summed E-state index contributed by atoms with van der Waals surface area (Å²) in [7, 11) is 0. The van der Waals surface area contributed by atoms with Gasteiger partial charge in [-0.3, -0.25) is 4.79 Å². The van der Waals surface area contributed by atoms with E-state index in [1.807, 2.05) is 44.2 Å². The molecule has 0 spiro atoms. The number of ether oxygens (including phenoxy) is 1. The number of cyclic esters (lactones) is 1. The Kier molecular flexibility index (Phi) is 5.78. The first kappa shape index (κ1) is 18.2. The Labute approximate surface area is 142 Å². The molecule has 1 aliphatic rings. The Balaban J connectivity index is 2.06. The van der Waals surface area contributed by atoms with Gasteiger partial charge >= 0.3 is 6.09 Å². The van der Waals surface area contributed by atoms with Gasteiger partial charge in [-0.2, -0.15) is 0 Å². The van der Waals surface area contributed by atoms with Gasteiger partial charge in [-0.1, -0.05) is 57.7 Å². The van der Waals surface area contributed by atoms with E-state index in [4.69, 9.17) is 4.74 Å². The van der Waals surface area contributed by atoms with Gasteiger partial charge in [0.1, 0.15) is 6.61 Å². The van der Waals surface area contributed by atoms with E-state index >= 15 is 0 Å². The van der Waals surface area contributed by atoms with Crippen LogP contribution in [0.3, 0.4) is 0 Å². The van der Waals surface area contributed by atoms with Gasteiger partial charge in [-0.15, -0.1) is 0 Å². The fourth-order valence-corrected chi connectivity index (χ4v) is 2.85. The lowest BCUT2D eigenvalue weighted by atomic mass is 9.92. The Morgan fingerprint density at radius 1 is 1.33 bits per heavy atom. The van der Waals surface area contributed by atoms with Crippen molar-refractivity contribution in [3.05, 3.63) is 48.0 Å². The molecular weight excluding hydrogens is 306 g/mol. The van der Waals surface area contributed by atoms with Crippen LogP contribution >= 0.6 is 0 Å². The van der Waals surface area contributed by atoms with E-state index in [2.05, 4.69) is 6.58 Å². The zero-order valence-corrected chi connectivity index (χ0v) is 14.4. The fourth-order valence-electron chi connectivity index (χ4n) is 2.85. The number of rotatable bonds is 6. The molecular formula is C19H25NO4. The van der Waals surface area contributed by atoms with E-state index in [1.54, 1.807) is 6.92 Å². The Morgan fingerprint density at radius 2 is 1.96 bits per heavy atom. The number of hydrogen-bond acceptors (Lipinski definition) is 4. The predicted octanol–water partition coefficient (Wildman–Crippen LogP) is 2.79. The van der Waals surface area contributed by atoms with Crippen molar-refractivity contribution in [1.29, 1.82) is 0 Å². The number of nitrogens with zero attached hydrogens (tertiary/aromatic N) is 1. The van der Waals surface area contributed by atoms with Crippen molar-refractivity contribution in [2.75, 3.05) is 6.61 Å². The lowest BCUT2D eigenvalue weighted by molar-refractivity contribution is -0.136. The molecule has 5 nitrogen and oxygen atoms in total. The number of imide groups is 1. The van der Waals surface area contributed by atoms with Crippen molar-refractivity contribution in [1.82, 2.24) is 4.90 Å². The minimum atomic E-state index is -1.01. The van der Waals surface area contributed by atoms with Gasteiger partial charge < -0.3 is 9.84 Å². The number of amides is 2. The molecule has 0 saturated carbocycles. The highest BCUT2D eigenvalue weighted by atomic mass is 16.6. The van der Waals surface area contributed by atoms with E-state index in [9.17, 15) is 14.7 Å². The normalized spacial score (nSPS) is 20.0. The molecule has 0 aromatic heterocycles. The average Bonchev–Trinajstić information content (AvgIpc) is 2.95. The quantitative estimate of drug-likeness (QED) is 0.814. The maximum absolute atomic E-state index is 12.7. The molecule has 5 heteroatoms. The third-order valence-electron chi connectivity index (χ3n) is 4.47. The second-order valence-corrected chi connectivity index (χ2v) is 6.65. The average molecular weight is 331 g/mol. The number of aliphatic hydroxyl groups is 1. The fraction of sp³-hybridized carbons (Fsp3) is 0.474. The van der Waals surface area contributed by atoms with Crippen molar-refractivity contribution in [2.45, 2.75) is 39.3 Å². The zero-order chi connectivity index (χ0) is 17.9. The highest BCUT2D eigenvalue weighted by molar-refractivity contribution is 5.95. The monoisotopic (exact) mass is 331 g/mol. The van der Waals surface area contributed by atoms with E-state index in [1.165, 1.54) is 0 Å². The van der Waals surface area contributed by atoms with Crippen LogP contribution in [0, 0.1) is 11.8 Å². The van der Waals surface area contributed by atoms with Crippen LogP contribution in [0.1, 0.15) is 26.3 Å². The number of carbonyl (C=O) groups is 2. The van der Waals surface area contributed by atoms with Crippen LogP contribution in [0.25, 0.3) is 0 Å². The summed E-state index contributed by atoms with van der Waals surface area (Å²) in [5, 5.41) is 10.5. The number of hydrogen-bond donors (Lipinski definition) is 1. The molecule has 130 valence electrons. The first-order valence-electron chi connectivity index (χ1n) is 8.22. The zero-order valence-electron chi connectivity index (χ0n) is 14.4. The third kappa shape index (κ3) is 3.85. The molecule has 0 unspecified atom stereocenters. The summed E-state index contributed by atoms with van der Waals surface area (Å²) in [4.78, 5) is 25.7. The minimum Gasteiger partial charge on any atom is -0.447 e. The third-order valence-corrected chi connectivity index (χ3v) is 4.47. The van der Waals surface area contributed by atoms with Crippen molar-refractivity contribution in [3.63, 3.8) is 0 Å². The van der Waals surface area contributed by atoms with Crippen LogP contribution in [0.5, 0.6) is 0 Å². The second-order valence-electron chi connectivity index (χ2n) is 6.65. The largest absolute Gasteiger partial charge is 0.447 e. The Hall–Kier alpha value is -2.14. The highest BCUT2D eigenvalue weighted by Gasteiger charge is 2.42. The van der Waals surface area contributed by atoms with Gasteiger partial charge in [-0.05, 0) is 23.5 Å². The summed E-state index contributed by atoms with van der Waals surface area (Å²) in [6, 6.07) is 9.34. The van der Waals surface area contributed by atoms with Gasteiger partial charge in [0.2, 0.25) is 5.91 Å². The van der Waals surface area contributed by atoms with Gasteiger partial charge in [0.25, 0.3) is 0 Å². The smallest absolute Gasteiger partial charge is 0.416 e. The minimum absolute atomic E-state index is 0.0947. The molecule has 2 rings (SSSR count). The molecule has 1 saturated heterocycles. The number of benzene rings is 1. The summed E-state index contributed by atoms with van der Waals surface area (Å²) in [5.41, 5.74) is 1.57. The van der Waals surface area contributed by atoms with Crippen molar-refractivity contribution < 1.29 is 19.4 Å². The first-order chi connectivity index (χ1) is 11.3. The lowest BCUT2D eigenvalue weighted by Gasteiger charge is -2.28. The number of carbonyl (C=O) groups excluding carboxylic acids is 2. The molecule has 1 aliphatic heterocycles. The summed E-state index contributed by atoms with van der Waals surface area (Å²) < 4.78 is 5.01. The summed E-state index contributed by atoms with van der Waals surface area (Å²) in [5.74, 6) is -1.08. The molecule has 0 aliphatic carbocycles. The summed E-state index contributed by atoms with van der Waals surface area (Å²) in [6.45, 7) is 9.60. The van der Waals surface area contributed by atoms with Gasteiger partial charge in [0.15, 0.2) is 0 Å². The molecule has 1 aromatic carbocycles. The van der Waals surface area contributed by atoms with Gasteiger partial charge in [0.05, 0.1) is 18.1 Å². The van der Waals surface area contributed by atoms with Gasteiger partial charge in [0, 0.05) is 0 Å². The Morgan fingerprint density at radius 3 is 2.54 bits per heavy atom. The SMILES string of the molecule is C=C(Cc1ccccc1)[C@@H](O)[C@H](C)C(=O)N1C(=O)OC[C@@H]1C(C)C. The van der Waals surface area contributed by atoms with Crippen LogP contribution in [0.2, 0.25) is 0 Å². The van der Waals surface area contributed by atoms with Crippen molar-refractivity contribution in [3.8, 4) is 0 Å². The molecule has 2 amide bonds. The highest BCUT2D eigenvalue weighted by Crippen LogP contribution is 2.25. The van der Waals surface area contributed by atoms with E-state index < -0.39 is 24.0 Å². The molecule has 0 radical (unpaired) electrons. The summed E-state index contributed by atoms with van der Waals surface area (Å²) >= 11 is 0. The van der Waals surface area contributed by atoms with E-state index in [-0.39, 0.29) is 18.6 Å². The molecule has 1 fully saturated rings. The molecule has 1 heterocycles. The van der Waals surface area contributed by atoms with Gasteiger partial charge in [-0.25, -0.2) is 9.69 Å². The standard InChI is InChI=1S/C19H25NO4/c1-12(2)16-11-24-19(23)20(16)18(22)14(4)17(21)13(3)10-15-8-6-5-7-9-15/h5-9,12,14,16-17,21H,3,10-11H2,1-2,4H3/t14-,16+,17+/m0/s1. The first-order valence-corrected chi connectivity index (χ1v) is 8.22. The van der Waals surface area contributed by atoms with E-state index in [0.29, 0.717) is 12.0 Å². The maximum atomic E-state index is 12.7. The topological polar surface area (TPSA) is 66.8 Å². The van der Waals surface area contributed by atoms with Crippen LogP contribution in [-0.2, 0) is 16.0 Å². The predicted molar refractivity (Wildman–Crippen MR) is 91.3 cm³/mol. The molecule has 1 aromatic rings. The van der Waals surface area contributed by atoms with Crippen molar-refractivity contribution in [2.24, 2.45) is 11.8 Å². The molecule has 1 N–H and O–H groups in total. The van der Waals surface area contributed by atoms with Crippen LogP contribution in [-0.4, -0.2) is 40.8 Å². The van der Waals surface area contributed by atoms with E-state index in [0.717, 1.165) is 10.5 Å². The molecule has 0 bridgehead atoms. The van der Waals surface area contributed by atoms with Crippen molar-refractivity contribution >= 4 is 12.0 Å². The van der Waals surface area contributed by atoms with Crippen LogP contribution in [0.4, 0.5) is 4.79 Å². The van der Waals surface area contributed by atoms with Crippen LogP contribution in [0.15, 0.2) is 42.5 Å². The second kappa shape index (κ2) is 7.62.